The van der Waals surface area contributed by atoms with Gasteiger partial charge in [-0.2, -0.15) is 0 Å². The van der Waals surface area contributed by atoms with Crippen LogP contribution >= 0.6 is 0 Å². The molecule has 3 aromatic rings. The predicted octanol–water partition coefficient (Wildman–Crippen LogP) is 3.91. The van der Waals surface area contributed by atoms with Gasteiger partial charge in [0.1, 0.15) is 0 Å². The summed E-state index contributed by atoms with van der Waals surface area (Å²) in [6.45, 7) is 0.958. The molecule has 1 aromatic heterocycles. The standard InChI is InChI=1S/C18H20N2/c1-19(2)12-14-8-4-5-9-15(14)17-13-20(3)18-11-7-6-10-16(17)18/h4-11,13H,12H2,1-3H3. The number of benzene rings is 2. The molecule has 2 heteroatoms. The molecular formula is C18H20N2. The largest absolute Gasteiger partial charge is 0.350 e. The van der Waals surface area contributed by atoms with E-state index in [0.717, 1.165) is 6.54 Å². The Balaban J connectivity index is 2.21. The highest BCUT2D eigenvalue weighted by atomic mass is 15.0. The first-order valence-electron chi connectivity index (χ1n) is 6.94. The van der Waals surface area contributed by atoms with E-state index in [2.05, 4.69) is 85.3 Å². The maximum atomic E-state index is 2.24. The molecule has 0 bridgehead atoms. The predicted molar refractivity (Wildman–Crippen MR) is 85.7 cm³/mol. The summed E-state index contributed by atoms with van der Waals surface area (Å²) in [6, 6.07) is 17.3. The Kier molecular flexibility index (Phi) is 3.33. The first kappa shape index (κ1) is 12.9. The Labute approximate surface area is 120 Å². The van der Waals surface area contributed by atoms with Crippen molar-refractivity contribution in [1.82, 2.24) is 9.47 Å². The van der Waals surface area contributed by atoms with Crippen LogP contribution in [0, 0.1) is 0 Å². The minimum absolute atomic E-state index is 0.958. The molecule has 0 atom stereocenters. The van der Waals surface area contributed by atoms with Gasteiger partial charge in [0.25, 0.3) is 0 Å². The van der Waals surface area contributed by atoms with E-state index in [0.29, 0.717) is 0 Å². The first-order chi connectivity index (χ1) is 9.66. The van der Waals surface area contributed by atoms with Crippen LogP contribution in [0.4, 0.5) is 0 Å². The molecule has 0 aliphatic heterocycles. The van der Waals surface area contributed by atoms with Crippen LogP contribution in [0.5, 0.6) is 0 Å². The molecule has 2 nitrogen and oxygen atoms in total. The molecule has 0 aliphatic carbocycles. The SMILES string of the molecule is CN(C)Cc1ccccc1-c1cn(C)c2ccccc12. The fourth-order valence-corrected chi connectivity index (χ4v) is 2.82. The van der Waals surface area contributed by atoms with Gasteiger partial charge in [-0.1, -0.05) is 42.5 Å². The Morgan fingerprint density at radius 2 is 1.60 bits per heavy atom. The van der Waals surface area contributed by atoms with E-state index in [-0.39, 0.29) is 0 Å². The van der Waals surface area contributed by atoms with Gasteiger partial charge >= 0.3 is 0 Å². The second-order valence-electron chi connectivity index (χ2n) is 5.57. The Bertz CT molecular complexity index is 738. The van der Waals surface area contributed by atoms with Gasteiger partial charge in [0, 0.05) is 36.3 Å². The average Bonchev–Trinajstić information content (AvgIpc) is 2.77. The number of fused-ring (bicyclic) bond motifs is 1. The zero-order valence-corrected chi connectivity index (χ0v) is 12.3. The maximum absolute atomic E-state index is 2.24. The average molecular weight is 264 g/mol. The lowest BCUT2D eigenvalue weighted by Gasteiger charge is -2.13. The molecular weight excluding hydrogens is 244 g/mol. The maximum Gasteiger partial charge on any atom is 0.0484 e. The number of nitrogens with zero attached hydrogens (tertiary/aromatic N) is 2. The fourth-order valence-electron chi connectivity index (χ4n) is 2.82. The van der Waals surface area contributed by atoms with Crippen LogP contribution in [0.15, 0.2) is 54.7 Å². The van der Waals surface area contributed by atoms with Gasteiger partial charge in [-0.3, -0.25) is 0 Å². The monoisotopic (exact) mass is 264 g/mol. The minimum Gasteiger partial charge on any atom is -0.350 e. The van der Waals surface area contributed by atoms with Crippen molar-refractivity contribution in [3.8, 4) is 11.1 Å². The second kappa shape index (κ2) is 5.14. The zero-order valence-electron chi connectivity index (χ0n) is 12.3. The van der Waals surface area contributed by atoms with E-state index in [4.69, 9.17) is 0 Å². The van der Waals surface area contributed by atoms with Crippen LogP contribution < -0.4 is 0 Å². The van der Waals surface area contributed by atoms with Gasteiger partial charge in [-0.05, 0) is 31.3 Å². The highest BCUT2D eigenvalue weighted by molar-refractivity contribution is 5.96. The van der Waals surface area contributed by atoms with Crippen LogP contribution in [-0.4, -0.2) is 23.6 Å². The van der Waals surface area contributed by atoms with Crippen molar-refractivity contribution in [2.24, 2.45) is 7.05 Å². The van der Waals surface area contributed by atoms with Crippen LogP contribution in [0.1, 0.15) is 5.56 Å². The van der Waals surface area contributed by atoms with Crippen molar-refractivity contribution in [2.45, 2.75) is 6.54 Å². The molecule has 1 heterocycles. The van der Waals surface area contributed by atoms with E-state index >= 15 is 0 Å². The van der Waals surface area contributed by atoms with Gasteiger partial charge in [-0.25, -0.2) is 0 Å². The summed E-state index contributed by atoms with van der Waals surface area (Å²) in [7, 11) is 6.33. The van der Waals surface area contributed by atoms with Gasteiger partial charge < -0.3 is 9.47 Å². The third kappa shape index (κ3) is 2.23. The summed E-state index contributed by atoms with van der Waals surface area (Å²) in [5.74, 6) is 0. The van der Waals surface area contributed by atoms with Gasteiger partial charge in [0.15, 0.2) is 0 Å². The zero-order chi connectivity index (χ0) is 14.1. The van der Waals surface area contributed by atoms with Gasteiger partial charge in [-0.15, -0.1) is 0 Å². The topological polar surface area (TPSA) is 8.17 Å². The molecule has 0 radical (unpaired) electrons. The van der Waals surface area contributed by atoms with Crippen molar-refractivity contribution >= 4 is 10.9 Å². The van der Waals surface area contributed by atoms with Crippen molar-refractivity contribution in [3.05, 3.63) is 60.3 Å². The number of rotatable bonds is 3. The van der Waals surface area contributed by atoms with Crippen molar-refractivity contribution in [1.29, 1.82) is 0 Å². The van der Waals surface area contributed by atoms with Crippen molar-refractivity contribution in [3.63, 3.8) is 0 Å². The van der Waals surface area contributed by atoms with E-state index in [1.807, 2.05) is 0 Å². The highest BCUT2D eigenvalue weighted by Crippen LogP contribution is 2.32. The second-order valence-corrected chi connectivity index (χ2v) is 5.57. The number of hydrogen-bond acceptors (Lipinski definition) is 1. The molecule has 0 N–H and O–H groups in total. The lowest BCUT2D eigenvalue weighted by molar-refractivity contribution is 0.403. The quantitative estimate of drug-likeness (QED) is 0.696. The summed E-state index contributed by atoms with van der Waals surface area (Å²) >= 11 is 0. The third-order valence-electron chi connectivity index (χ3n) is 3.69. The smallest absolute Gasteiger partial charge is 0.0484 e. The molecule has 0 fully saturated rings. The molecule has 0 amide bonds. The molecule has 0 aliphatic rings. The van der Waals surface area contributed by atoms with Crippen LogP contribution in [0.2, 0.25) is 0 Å². The van der Waals surface area contributed by atoms with Crippen LogP contribution in [0.3, 0.4) is 0 Å². The molecule has 2 aromatic carbocycles. The lowest BCUT2D eigenvalue weighted by Crippen LogP contribution is -2.11. The van der Waals surface area contributed by atoms with E-state index in [1.165, 1.54) is 27.6 Å². The fraction of sp³-hybridized carbons (Fsp3) is 0.222. The van der Waals surface area contributed by atoms with E-state index in [9.17, 15) is 0 Å². The molecule has 0 unspecified atom stereocenters. The molecule has 20 heavy (non-hydrogen) atoms. The number of para-hydroxylation sites is 1. The number of hydrogen-bond donors (Lipinski definition) is 0. The number of aromatic nitrogens is 1. The minimum atomic E-state index is 0.958. The van der Waals surface area contributed by atoms with Crippen LogP contribution in [-0.2, 0) is 13.6 Å². The third-order valence-corrected chi connectivity index (χ3v) is 3.69. The molecule has 0 saturated heterocycles. The Hall–Kier alpha value is -2.06. The molecule has 102 valence electrons. The highest BCUT2D eigenvalue weighted by Gasteiger charge is 2.11. The normalized spacial score (nSPS) is 11.4. The van der Waals surface area contributed by atoms with Gasteiger partial charge in [0.2, 0.25) is 0 Å². The summed E-state index contributed by atoms with van der Waals surface area (Å²) in [6.07, 6.45) is 2.24. The summed E-state index contributed by atoms with van der Waals surface area (Å²) < 4.78 is 2.21. The van der Waals surface area contributed by atoms with E-state index < -0.39 is 0 Å². The lowest BCUT2D eigenvalue weighted by atomic mass is 9.99. The van der Waals surface area contributed by atoms with Gasteiger partial charge in [0.05, 0.1) is 0 Å². The summed E-state index contributed by atoms with van der Waals surface area (Å²) in [4.78, 5) is 2.21. The van der Waals surface area contributed by atoms with Crippen LogP contribution in [0.25, 0.3) is 22.0 Å². The van der Waals surface area contributed by atoms with Crippen molar-refractivity contribution in [2.75, 3.05) is 14.1 Å². The Morgan fingerprint density at radius 1 is 0.900 bits per heavy atom. The Morgan fingerprint density at radius 3 is 2.40 bits per heavy atom. The molecule has 3 rings (SSSR count). The molecule has 0 spiro atoms. The molecule has 0 saturated carbocycles. The summed E-state index contributed by atoms with van der Waals surface area (Å²) in [5.41, 5.74) is 5.30. The first-order valence-corrected chi connectivity index (χ1v) is 6.94. The summed E-state index contributed by atoms with van der Waals surface area (Å²) in [5, 5.41) is 1.32. The number of aryl methyl sites for hydroxylation is 1. The van der Waals surface area contributed by atoms with Crippen molar-refractivity contribution < 1.29 is 0 Å². The van der Waals surface area contributed by atoms with E-state index in [1.54, 1.807) is 0 Å².